The van der Waals surface area contributed by atoms with Crippen LogP contribution in [0, 0.1) is 12.7 Å². The number of hydrogen-bond donors (Lipinski definition) is 3. The van der Waals surface area contributed by atoms with E-state index in [0.717, 1.165) is 5.56 Å². The zero-order valence-electron chi connectivity index (χ0n) is 19.6. The molecule has 1 aromatic heterocycles. The first-order valence-corrected chi connectivity index (χ1v) is 12.9. The number of rotatable bonds is 8. The lowest BCUT2D eigenvalue weighted by Gasteiger charge is -2.19. The van der Waals surface area contributed by atoms with Gasteiger partial charge in [-0.3, -0.25) is 4.79 Å². The highest BCUT2D eigenvalue weighted by Gasteiger charge is 2.18. The molecule has 0 aliphatic carbocycles. The van der Waals surface area contributed by atoms with Gasteiger partial charge in [-0.2, -0.15) is 4.36 Å². The molecule has 2 atom stereocenters. The molecule has 0 spiro atoms. The van der Waals surface area contributed by atoms with E-state index in [-0.39, 0.29) is 12.3 Å². The average molecular weight is 490 g/mol. The summed E-state index contributed by atoms with van der Waals surface area (Å²) in [7, 11) is -2.34. The first-order valence-electron chi connectivity index (χ1n) is 10.5. The van der Waals surface area contributed by atoms with Crippen molar-refractivity contribution in [1.29, 1.82) is 0 Å². The highest BCUT2D eigenvalue weighted by atomic mass is 32.2. The molecule has 3 aromatic rings. The summed E-state index contributed by atoms with van der Waals surface area (Å²) in [4.78, 5) is 20.9. The fourth-order valence-corrected chi connectivity index (χ4v) is 3.85. The van der Waals surface area contributed by atoms with Crippen LogP contribution in [0.25, 0.3) is 10.9 Å². The second-order valence-electron chi connectivity index (χ2n) is 8.27. The Hall–Kier alpha value is -3.31. The molecule has 0 saturated carbocycles. The standard InChI is InChI=1S/C23H28FN5O4S/c1-13-8-17(29-34(4,5)32)10-19-21(13)22(27-12-26-19)28-18-7-6-16(24)9-20(18)33-15(3)23(31)25-11-14(2)30/h6-10,12,14-15,30H,11H2,1-5H3,(H,25,31)(H,26,27,28)/t14?,15-/m1/s1. The van der Waals surface area contributed by atoms with Crippen molar-refractivity contribution in [3.63, 3.8) is 0 Å². The highest BCUT2D eigenvalue weighted by molar-refractivity contribution is 7.92. The number of aromatic nitrogens is 2. The summed E-state index contributed by atoms with van der Waals surface area (Å²) in [6.45, 7) is 5.01. The van der Waals surface area contributed by atoms with Crippen molar-refractivity contribution in [2.24, 2.45) is 4.36 Å². The molecule has 1 heterocycles. The first kappa shape index (κ1) is 25.3. The number of halogens is 1. The quantitative estimate of drug-likeness (QED) is 0.442. The maximum atomic E-state index is 14.0. The fourth-order valence-electron chi connectivity index (χ4n) is 3.23. The van der Waals surface area contributed by atoms with Gasteiger partial charge in [0, 0.05) is 40.2 Å². The number of amides is 1. The number of hydrogen-bond acceptors (Lipinski definition) is 8. The van der Waals surface area contributed by atoms with Crippen LogP contribution in [-0.4, -0.2) is 56.5 Å². The molecule has 0 radical (unpaired) electrons. The lowest BCUT2D eigenvalue weighted by molar-refractivity contribution is -0.127. The van der Waals surface area contributed by atoms with Crippen molar-refractivity contribution < 1.29 is 23.2 Å². The van der Waals surface area contributed by atoms with E-state index in [9.17, 15) is 18.5 Å². The number of nitrogens with zero attached hydrogens (tertiary/aromatic N) is 3. The fraction of sp³-hybridized carbons (Fsp3) is 0.348. The van der Waals surface area contributed by atoms with Gasteiger partial charge in [-0.15, -0.1) is 0 Å². The lowest BCUT2D eigenvalue weighted by Crippen LogP contribution is -2.39. The van der Waals surface area contributed by atoms with Crippen LogP contribution < -0.4 is 15.4 Å². The van der Waals surface area contributed by atoms with Crippen LogP contribution in [0.1, 0.15) is 19.4 Å². The molecular formula is C23H28FN5O4S. The molecule has 0 fully saturated rings. The van der Waals surface area contributed by atoms with Crippen molar-refractivity contribution in [3.8, 4) is 5.75 Å². The number of benzene rings is 2. The van der Waals surface area contributed by atoms with E-state index in [1.165, 1.54) is 31.5 Å². The molecular weight excluding hydrogens is 461 g/mol. The maximum absolute atomic E-state index is 14.0. The predicted octanol–water partition coefficient (Wildman–Crippen LogP) is 3.44. The SMILES string of the molecule is Cc1cc(N=S(C)(C)=O)cc2ncnc(Nc3ccc(F)cc3O[C@H](C)C(=O)NCC(C)O)c12. The second-order valence-corrected chi connectivity index (χ2v) is 10.8. The summed E-state index contributed by atoms with van der Waals surface area (Å²) in [5.74, 6) is -0.410. The summed E-state index contributed by atoms with van der Waals surface area (Å²) < 4.78 is 36.0. The van der Waals surface area contributed by atoms with Gasteiger partial charge in [0.1, 0.15) is 23.7 Å². The largest absolute Gasteiger partial charge is 0.479 e. The number of aliphatic hydroxyl groups is 1. The molecule has 3 rings (SSSR count). The Balaban J connectivity index is 1.95. The van der Waals surface area contributed by atoms with Crippen molar-refractivity contribution in [2.45, 2.75) is 33.0 Å². The van der Waals surface area contributed by atoms with Gasteiger partial charge >= 0.3 is 0 Å². The Morgan fingerprint density at radius 1 is 1.24 bits per heavy atom. The summed E-state index contributed by atoms with van der Waals surface area (Å²) in [5.41, 5.74) is 2.34. The third kappa shape index (κ3) is 6.61. The van der Waals surface area contributed by atoms with E-state index >= 15 is 0 Å². The van der Waals surface area contributed by atoms with Gasteiger partial charge in [0.25, 0.3) is 5.91 Å². The van der Waals surface area contributed by atoms with Gasteiger partial charge in [0.05, 0.1) is 23.0 Å². The van der Waals surface area contributed by atoms with E-state index in [2.05, 4.69) is 25.0 Å². The summed E-state index contributed by atoms with van der Waals surface area (Å²) in [6.07, 6.45) is 2.85. The molecule has 9 nitrogen and oxygen atoms in total. The third-order valence-corrected chi connectivity index (χ3v) is 5.34. The number of ether oxygens (including phenoxy) is 1. The van der Waals surface area contributed by atoms with Gasteiger partial charge in [-0.25, -0.2) is 18.6 Å². The molecule has 0 aliphatic heterocycles. The Labute approximate surface area is 198 Å². The topological polar surface area (TPSA) is 126 Å². The summed E-state index contributed by atoms with van der Waals surface area (Å²) in [5, 5.41) is 15.8. The minimum Gasteiger partial charge on any atom is -0.479 e. The van der Waals surface area contributed by atoms with Gasteiger partial charge in [-0.05, 0) is 50.6 Å². The molecule has 34 heavy (non-hydrogen) atoms. The Morgan fingerprint density at radius 2 is 1.97 bits per heavy atom. The van der Waals surface area contributed by atoms with Gasteiger partial charge < -0.3 is 20.5 Å². The summed E-state index contributed by atoms with van der Waals surface area (Å²) in [6, 6.07) is 7.44. The molecule has 1 amide bonds. The van der Waals surface area contributed by atoms with E-state index < -0.39 is 33.7 Å². The zero-order chi connectivity index (χ0) is 25.0. The number of carbonyl (C=O) groups is 1. The molecule has 11 heteroatoms. The predicted molar refractivity (Wildman–Crippen MR) is 131 cm³/mol. The Kier molecular flexibility index (Phi) is 7.68. The monoisotopic (exact) mass is 489 g/mol. The zero-order valence-corrected chi connectivity index (χ0v) is 20.4. The van der Waals surface area contributed by atoms with Gasteiger partial charge in [-0.1, -0.05) is 0 Å². The van der Waals surface area contributed by atoms with Crippen LogP contribution in [0.3, 0.4) is 0 Å². The molecule has 0 saturated heterocycles. The molecule has 1 unspecified atom stereocenters. The number of nitrogens with one attached hydrogen (secondary N) is 2. The highest BCUT2D eigenvalue weighted by Crippen LogP contribution is 2.34. The molecule has 182 valence electrons. The van der Waals surface area contributed by atoms with E-state index in [1.807, 2.05) is 6.92 Å². The minimum absolute atomic E-state index is 0.0757. The van der Waals surface area contributed by atoms with Gasteiger partial charge in [0.15, 0.2) is 6.10 Å². The van der Waals surface area contributed by atoms with Crippen molar-refractivity contribution in [1.82, 2.24) is 15.3 Å². The van der Waals surface area contributed by atoms with Crippen LogP contribution in [-0.2, 0) is 14.5 Å². The molecule has 0 aliphatic rings. The maximum Gasteiger partial charge on any atom is 0.260 e. The Bertz CT molecular complexity index is 1330. The van der Waals surface area contributed by atoms with Crippen LogP contribution in [0.15, 0.2) is 41.0 Å². The number of carbonyl (C=O) groups excluding carboxylic acids is 1. The van der Waals surface area contributed by atoms with Crippen LogP contribution in [0.4, 0.5) is 21.6 Å². The average Bonchev–Trinajstić information content (AvgIpc) is 2.72. The summed E-state index contributed by atoms with van der Waals surface area (Å²) >= 11 is 0. The van der Waals surface area contributed by atoms with Crippen molar-refractivity contribution in [2.75, 3.05) is 24.4 Å². The number of fused-ring (bicyclic) bond motifs is 1. The first-order chi connectivity index (χ1) is 15.9. The minimum atomic E-state index is -2.34. The third-order valence-electron chi connectivity index (χ3n) is 4.69. The van der Waals surface area contributed by atoms with E-state index in [0.29, 0.717) is 28.1 Å². The Morgan fingerprint density at radius 3 is 2.65 bits per heavy atom. The number of anilines is 2. The van der Waals surface area contributed by atoms with E-state index in [1.54, 1.807) is 31.6 Å². The number of aliphatic hydroxyl groups excluding tert-OH is 1. The van der Waals surface area contributed by atoms with Crippen molar-refractivity contribution in [3.05, 3.63) is 48.0 Å². The van der Waals surface area contributed by atoms with Gasteiger partial charge in [0.2, 0.25) is 0 Å². The number of aryl methyl sites for hydroxylation is 1. The smallest absolute Gasteiger partial charge is 0.260 e. The normalized spacial score (nSPS) is 13.3. The van der Waals surface area contributed by atoms with E-state index in [4.69, 9.17) is 4.74 Å². The van der Waals surface area contributed by atoms with Crippen LogP contribution >= 0.6 is 0 Å². The lowest BCUT2D eigenvalue weighted by atomic mass is 10.1. The second kappa shape index (κ2) is 10.3. The molecule has 3 N–H and O–H groups in total. The van der Waals surface area contributed by atoms with Crippen LogP contribution in [0.5, 0.6) is 5.75 Å². The van der Waals surface area contributed by atoms with Crippen molar-refractivity contribution >= 4 is 43.7 Å². The molecule has 2 aromatic carbocycles. The van der Waals surface area contributed by atoms with Crippen LogP contribution in [0.2, 0.25) is 0 Å². The molecule has 0 bridgehead atoms.